The van der Waals surface area contributed by atoms with Gasteiger partial charge in [0.05, 0.1) is 11.7 Å². The highest BCUT2D eigenvalue weighted by Gasteiger charge is 2.42. The number of benzene rings is 2. The minimum Gasteiger partial charge on any atom is -0.459 e. The van der Waals surface area contributed by atoms with Crippen LogP contribution < -0.4 is 10.2 Å². The van der Waals surface area contributed by atoms with Gasteiger partial charge in [-0.15, -0.1) is 0 Å². The van der Waals surface area contributed by atoms with Gasteiger partial charge >= 0.3 is 0 Å². The van der Waals surface area contributed by atoms with Crippen molar-refractivity contribution < 1.29 is 4.42 Å². The fourth-order valence-electron chi connectivity index (χ4n) is 4.08. The molecule has 0 spiro atoms. The van der Waals surface area contributed by atoms with Crippen molar-refractivity contribution in [2.75, 3.05) is 4.90 Å². The van der Waals surface area contributed by atoms with Crippen LogP contribution in [0.1, 0.15) is 34.7 Å². The number of hydrogen-bond donors (Lipinski definition) is 1. The zero-order chi connectivity index (χ0) is 22.2. The number of furan rings is 1. The molecule has 5 rings (SSSR count). The molecule has 0 saturated carbocycles. The van der Waals surface area contributed by atoms with Gasteiger partial charge in [0, 0.05) is 22.5 Å². The Morgan fingerprint density at radius 2 is 1.78 bits per heavy atom. The molecule has 6 heteroatoms. The highest BCUT2D eigenvalue weighted by molar-refractivity contribution is 7.80. The van der Waals surface area contributed by atoms with E-state index in [1.807, 2.05) is 54.6 Å². The first-order chi connectivity index (χ1) is 15.5. The molecule has 1 aliphatic rings. The summed E-state index contributed by atoms with van der Waals surface area (Å²) in [5.74, 6) is 1.60. The molecule has 2 aromatic heterocycles. The third-order valence-electron chi connectivity index (χ3n) is 5.91. The van der Waals surface area contributed by atoms with Gasteiger partial charge in [0.2, 0.25) is 0 Å². The molecule has 0 aliphatic carbocycles. The largest absolute Gasteiger partial charge is 0.459 e. The SMILES string of the molecule is Cc1ccc(N2C(=S)N[C@@H](c3ccccn3)[C@H]2c2ccc(-c3ccc(Cl)cc3)o2)cc1C. The van der Waals surface area contributed by atoms with Crippen molar-refractivity contribution in [3.05, 3.63) is 107 Å². The standard InChI is InChI=1S/C26H22ClN3OS/c1-16-6-11-20(15-17(16)2)30-25(24(29-26(30)32)21-5-3-4-14-28-21)23-13-12-22(31-23)18-7-9-19(27)10-8-18/h3-15,24-25H,1-2H3,(H,29,32)/t24-,25+/m0/s1. The Bertz CT molecular complexity index is 1270. The number of hydrogen-bond acceptors (Lipinski definition) is 3. The van der Waals surface area contributed by atoms with E-state index in [9.17, 15) is 0 Å². The highest BCUT2D eigenvalue weighted by Crippen LogP contribution is 2.43. The number of thiocarbonyl (C=S) groups is 1. The molecule has 2 atom stereocenters. The Morgan fingerprint density at radius 3 is 2.50 bits per heavy atom. The van der Waals surface area contributed by atoms with E-state index < -0.39 is 0 Å². The zero-order valence-corrected chi connectivity index (χ0v) is 19.3. The van der Waals surface area contributed by atoms with E-state index in [-0.39, 0.29) is 12.1 Å². The molecule has 0 unspecified atom stereocenters. The van der Waals surface area contributed by atoms with Crippen molar-refractivity contribution in [1.82, 2.24) is 10.3 Å². The molecule has 1 saturated heterocycles. The molecule has 0 radical (unpaired) electrons. The minimum atomic E-state index is -0.180. The molecular formula is C26H22ClN3OS. The molecule has 32 heavy (non-hydrogen) atoms. The number of aryl methyl sites for hydroxylation is 2. The lowest BCUT2D eigenvalue weighted by Crippen LogP contribution is -2.29. The third kappa shape index (κ3) is 3.78. The minimum absolute atomic E-state index is 0.144. The van der Waals surface area contributed by atoms with Gasteiger partial charge < -0.3 is 14.6 Å². The molecule has 1 fully saturated rings. The van der Waals surface area contributed by atoms with E-state index >= 15 is 0 Å². The first-order valence-corrected chi connectivity index (χ1v) is 11.2. The van der Waals surface area contributed by atoms with Crippen molar-refractivity contribution in [2.24, 2.45) is 0 Å². The van der Waals surface area contributed by atoms with E-state index in [1.54, 1.807) is 6.20 Å². The molecule has 160 valence electrons. The maximum absolute atomic E-state index is 6.39. The number of anilines is 1. The summed E-state index contributed by atoms with van der Waals surface area (Å²) in [6, 6.07) is 23.7. The fourth-order valence-corrected chi connectivity index (χ4v) is 4.55. The van der Waals surface area contributed by atoms with Gasteiger partial charge in [0.1, 0.15) is 17.6 Å². The van der Waals surface area contributed by atoms with Crippen LogP contribution in [0.15, 0.2) is 83.4 Å². The summed E-state index contributed by atoms with van der Waals surface area (Å²) in [5.41, 5.74) is 5.37. The van der Waals surface area contributed by atoms with Crippen LogP contribution in [0.5, 0.6) is 0 Å². The number of nitrogens with zero attached hydrogens (tertiary/aromatic N) is 2. The smallest absolute Gasteiger partial charge is 0.174 e. The Kier molecular flexibility index (Phi) is 5.45. The summed E-state index contributed by atoms with van der Waals surface area (Å²) in [4.78, 5) is 6.73. The number of nitrogens with one attached hydrogen (secondary N) is 1. The van der Waals surface area contributed by atoms with Crippen LogP contribution in [0.2, 0.25) is 5.02 Å². The lowest BCUT2D eigenvalue weighted by molar-refractivity contribution is 0.439. The van der Waals surface area contributed by atoms with Crippen LogP contribution >= 0.6 is 23.8 Å². The summed E-state index contributed by atoms with van der Waals surface area (Å²) < 4.78 is 6.39. The Balaban J connectivity index is 1.60. The summed E-state index contributed by atoms with van der Waals surface area (Å²) in [6.07, 6.45) is 1.80. The summed E-state index contributed by atoms with van der Waals surface area (Å²) in [5, 5.41) is 4.82. The third-order valence-corrected chi connectivity index (χ3v) is 6.48. The molecule has 1 N–H and O–H groups in total. The first-order valence-electron chi connectivity index (χ1n) is 10.4. The van der Waals surface area contributed by atoms with Crippen LogP contribution in [0.3, 0.4) is 0 Å². The molecule has 0 bridgehead atoms. The Hall–Kier alpha value is -3.15. The predicted octanol–water partition coefficient (Wildman–Crippen LogP) is 6.79. The van der Waals surface area contributed by atoms with Gasteiger partial charge in [-0.2, -0.15) is 0 Å². The highest BCUT2D eigenvalue weighted by atomic mass is 35.5. The topological polar surface area (TPSA) is 41.3 Å². The zero-order valence-electron chi connectivity index (χ0n) is 17.7. The summed E-state index contributed by atoms with van der Waals surface area (Å²) in [7, 11) is 0. The van der Waals surface area contributed by atoms with Crippen LogP contribution in [-0.4, -0.2) is 10.1 Å². The van der Waals surface area contributed by atoms with Crippen molar-refractivity contribution in [1.29, 1.82) is 0 Å². The Morgan fingerprint density at radius 1 is 0.969 bits per heavy atom. The number of aromatic nitrogens is 1. The lowest BCUT2D eigenvalue weighted by atomic mass is 10.0. The van der Waals surface area contributed by atoms with E-state index in [0.717, 1.165) is 28.5 Å². The quantitative estimate of drug-likeness (QED) is 0.340. The molecule has 4 nitrogen and oxygen atoms in total. The average Bonchev–Trinajstić information content (AvgIpc) is 3.41. The number of halogens is 1. The lowest BCUT2D eigenvalue weighted by Gasteiger charge is -2.26. The van der Waals surface area contributed by atoms with Crippen LogP contribution in [0.25, 0.3) is 11.3 Å². The van der Waals surface area contributed by atoms with Crippen molar-refractivity contribution in [2.45, 2.75) is 25.9 Å². The van der Waals surface area contributed by atoms with Crippen molar-refractivity contribution in [3.63, 3.8) is 0 Å². The van der Waals surface area contributed by atoms with Gasteiger partial charge in [-0.05, 0) is 97.9 Å². The summed E-state index contributed by atoms with van der Waals surface area (Å²) in [6.45, 7) is 4.22. The first kappa shape index (κ1) is 20.7. The molecule has 3 heterocycles. The maximum atomic E-state index is 6.39. The van der Waals surface area contributed by atoms with Gasteiger partial charge in [-0.25, -0.2) is 0 Å². The molecule has 4 aromatic rings. The van der Waals surface area contributed by atoms with E-state index in [1.165, 1.54) is 11.1 Å². The predicted molar refractivity (Wildman–Crippen MR) is 133 cm³/mol. The Labute approximate surface area is 197 Å². The van der Waals surface area contributed by atoms with Crippen LogP contribution in [0, 0.1) is 13.8 Å². The normalized spacial score (nSPS) is 18.1. The number of pyridine rings is 1. The van der Waals surface area contributed by atoms with Crippen LogP contribution in [0.4, 0.5) is 5.69 Å². The van der Waals surface area contributed by atoms with Crippen molar-refractivity contribution in [3.8, 4) is 11.3 Å². The van der Waals surface area contributed by atoms with Gasteiger partial charge in [0.25, 0.3) is 0 Å². The molecule has 0 amide bonds. The second-order valence-corrected chi connectivity index (χ2v) is 8.80. The van der Waals surface area contributed by atoms with E-state index in [2.05, 4.69) is 47.2 Å². The maximum Gasteiger partial charge on any atom is 0.174 e. The van der Waals surface area contributed by atoms with Gasteiger partial charge in [0.15, 0.2) is 5.11 Å². The molecule has 1 aliphatic heterocycles. The summed E-state index contributed by atoms with van der Waals surface area (Å²) >= 11 is 11.9. The van der Waals surface area contributed by atoms with E-state index in [0.29, 0.717) is 10.1 Å². The second-order valence-electron chi connectivity index (χ2n) is 7.97. The van der Waals surface area contributed by atoms with E-state index in [4.69, 9.17) is 28.2 Å². The van der Waals surface area contributed by atoms with Gasteiger partial charge in [-0.1, -0.05) is 23.7 Å². The van der Waals surface area contributed by atoms with Gasteiger partial charge in [-0.3, -0.25) is 4.98 Å². The molecule has 2 aromatic carbocycles. The molecular weight excluding hydrogens is 438 g/mol. The monoisotopic (exact) mass is 459 g/mol. The second kappa shape index (κ2) is 8.41. The van der Waals surface area contributed by atoms with Crippen LogP contribution in [-0.2, 0) is 0 Å². The van der Waals surface area contributed by atoms with Crippen molar-refractivity contribution >= 4 is 34.6 Å². The fraction of sp³-hybridized carbons (Fsp3) is 0.154. The average molecular weight is 460 g/mol. The number of rotatable bonds is 4.